The Morgan fingerprint density at radius 2 is 1.05 bits per heavy atom. The van der Waals surface area contributed by atoms with E-state index in [0.717, 1.165) is 51.4 Å². The van der Waals surface area contributed by atoms with Crippen molar-refractivity contribution in [3.63, 3.8) is 0 Å². The molecule has 0 rings (SSSR count). The van der Waals surface area contributed by atoms with Gasteiger partial charge < -0.3 is 25.2 Å². The van der Waals surface area contributed by atoms with Crippen molar-refractivity contribution in [3.05, 3.63) is 60.8 Å². The highest BCUT2D eigenvalue weighted by Gasteiger charge is 2.28. The van der Waals surface area contributed by atoms with Crippen LogP contribution in [0.4, 0.5) is 0 Å². The van der Waals surface area contributed by atoms with E-state index < -0.39 is 57.6 Å². The fraction of sp³-hybridized carbons (Fsp3) is 0.698. The third-order valence-corrected chi connectivity index (χ3v) is 9.52. The van der Waals surface area contributed by atoms with Gasteiger partial charge in [-0.15, -0.1) is 0 Å². The van der Waals surface area contributed by atoms with Gasteiger partial charge >= 0.3 is 19.8 Å². The van der Waals surface area contributed by atoms with E-state index in [1.54, 1.807) is 0 Å². The van der Waals surface area contributed by atoms with Gasteiger partial charge in [-0.05, 0) is 51.4 Å². The fourth-order valence-electron chi connectivity index (χ4n) is 5.35. The molecule has 0 saturated carbocycles. The highest BCUT2D eigenvalue weighted by molar-refractivity contribution is 7.47. The molecule has 0 radical (unpaired) electrons. The number of allylic oxidation sites excluding steroid dienone is 10. The number of esters is 1. The zero-order valence-corrected chi connectivity index (χ0v) is 34.9. The van der Waals surface area contributed by atoms with Crippen LogP contribution >= 0.6 is 7.82 Å². The number of aliphatic hydroxyl groups excluding tert-OH is 1. The summed E-state index contributed by atoms with van der Waals surface area (Å²) in [6, 6.07) is -1.55. The SMILES string of the molecule is CC/C=C\C/C=C\C/C=C\C/C=C\C/C=C\CCCC(=O)OCC(O)COP(=O)(O)OCC(NC(=O)CCCCCCCCCCCCCCCC)C(=O)O. The van der Waals surface area contributed by atoms with Gasteiger partial charge in [0, 0.05) is 12.8 Å². The lowest BCUT2D eigenvalue weighted by Gasteiger charge is -2.18. The van der Waals surface area contributed by atoms with E-state index in [0.29, 0.717) is 19.3 Å². The second-order valence-electron chi connectivity index (χ2n) is 13.8. The van der Waals surface area contributed by atoms with Crippen LogP contribution in [0.15, 0.2) is 60.8 Å². The van der Waals surface area contributed by atoms with Crippen LogP contribution in [0.25, 0.3) is 0 Å². The standard InChI is InChI=1S/C43H74NO10P/c1-3-5-7-9-11-13-15-17-19-20-21-23-25-27-29-31-33-35-42(47)52-36-39(45)37-53-55(50,51)54-38-40(43(48)49)44-41(46)34-32-30-28-26-24-22-18-16-14-12-10-8-6-4-2/h5,7,11,13,17,19,21,23,27,29,39-40,45H,3-4,6,8-10,12,14-16,18,20,22,24-26,28,30-38H2,1-2H3,(H,44,46)(H,48,49)(H,50,51)/b7-5-,13-11-,19-17-,23-21-,29-27-. The maximum atomic E-state index is 12.3. The normalized spacial score (nSPS) is 14.4. The van der Waals surface area contributed by atoms with Crippen LogP contribution < -0.4 is 5.32 Å². The number of carboxylic acids is 1. The quantitative estimate of drug-likeness (QED) is 0.0204. The average molecular weight is 796 g/mol. The predicted molar refractivity (Wildman–Crippen MR) is 222 cm³/mol. The van der Waals surface area contributed by atoms with Crippen molar-refractivity contribution in [2.45, 2.75) is 174 Å². The van der Waals surface area contributed by atoms with Crippen molar-refractivity contribution in [1.82, 2.24) is 5.32 Å². The van der Waals surface area contributed by atoms with Crippen molar-refractivity contribution in [1.29, 1.82) is 0 Å². The van der Waals surface area contributed by atoms with Crippen LogP contribution in [0.3, 0.4) is 0 Å². The topological polar surface area (TPSA) is 169 Å². The van der Waals surface area contributed by atoms with E-state index in [9.17, 15) is 34.1 Å². The molecule has 1 amide bonds. The van der Waals surface area contributed by atoms with E-state index in [4.69, 9.17) is 13.8 Å². The summed E-state index contributed by atoms with van der Waals surface area (Å²) in [5.74, 6) is -2.44. The van der Waals surface area contributed by atoms with Crippen LogP contribution in [0.1, 0.15) is 162 Å². The Morgan fingerprint density at radius 1 is 0.600 bits per heavy atom. The molecule has 0 aliphatic carbocycles. The van der Waals surface area contributed by atoms with E-state index in [-0.39, 0.29) is 12.8 Å². The number of rotatable bonds is 38. The van der Waals surface area contributed by atoms with Gasteiger partial charge in [-0.3, -0.25) is 18.6 Å². The number of hydrogen-bond donors (Lipinski definition) is 4. The number of phosphoric acid groups is 1. The Morgan fingerprint density at radius 3 is 1.55 bits per heavy atom. The molecular formula is C43H74NO10P. The summed E-state index contributed by atoms with van der Waals surface area (Å²) in [5, 5.41) is 21.8. The molecule has 0 aliphatic heterocycles. The Hall–Kier alpha value is -2.82. The van der Waals surface area contributed by atoms with Crippen molar-refractivity contribution >= 4 is 25.7 Å². The van der Waals surface area contributed by atoms with Crippen LogP contribution in [0.2, 0.25) is 0 Å². The van der Waals surface area contributed by atoms with E-state index in [1.807, 2.05) is 12.2 Å². The molecule has 0 bridgehead atoms. The first kappa shape index (κ1) is 52.2. The van der Waals surface area contributed by atoms with Gasteiger partial charge in [0.05, 0.1) is 13.2 Å². The lowest BCUT2D eigenvalue weighted by Crippen LogP contribution is -2.43. The summed E-state index contributed by atoms with van der Waals surface area (Å²) in [5.41, 5.74) is 0. The summed E-state index contributed by atoms with van der Waals surface area (Å²) in [4.78, 5) is 45.8. The number of amides is 1. The van der Waals surface area contributed by atoms with Gasteiger partial charge in [0.25, 0.3) is 0 Å². The van der Waals surface area contributed by atoms with Crippen LogP contribution in [0.5, 0.6) is 0 Å². The third kappa shape index (κ3) is 37.9. The summed E-state index contributed by atoms with van der Waals surface area (Å²) in [6.07, 6.45) is 42.5. The van der Waals surface area contributed by atoms with E-state index >= 15 is 0 Å². The first-order chi connectivity index (χ1) is 26.6. The summed E-state index contributed by atoms with van der Waals surface area (Å²) >= 11 is 0. The monoisotopic (exact) mass is 796 g/mol. The molecule has 3 atom stereocenters. The molecule has 55 heavy (non-hydrogen) atoms. The Labute approximate surface area is 332 Å². The van der Waals surface area contributed by atoms with Crippen LogP contribution in [0, 0.1) is 0 Å². The molecule has 316 valence electrons. The first-order valence-corrected chi connectivity index (χ1v) is 22.3. The smallest absolute Gasteiger partial charge is 0.472 e. The lowest BCUT2D eigenvalue weighted by molar-refractivity contribution is -0.147. The third-order valence-electron chi connectivity index (χ3n) is 8.57. The summed E-state index contributed by atoms with van der Waals surface area (Å²) in [6.45, 7) is 2.41. The zero-order chi connectivity index (χ0) is 40.7. The molecule has 0 aliphatic rings. The molecule has 0 heterocycles. The molecule has 3 unspecified atom stereocenters. The minimum Gasteiger partial charge on any atom is -0.480 e. The summed E-state index contributed by atoms with van der Waals surface area (Å²) < 4.78 is 26.7. The maximum absolute atomic E-state index is 12.3. The number of carbonyl (C=O) groups excluding carboxylic acids is 2. The van der Waals surface area contributed by atoms with Crippen LogP contribution in [-0.2, 0) is 32.7 Å². The molecule has 0 saturated heterocycles. The molecule has 12 heteroatoms. The number of ether oxygens (including phenoxy) is 1. The van der Waals surface area contributed by atoms with Gasteiger partial charge in [0.1, 0.15) is 12.7 Å². The van der Waals surface area contributed by atoms with Crippen molar-refractivity contribution < 1.29 is 47.8 Å². The molecule has 4 N–H and O–H groups in total. The highest BCUT2D eigenvalue weighted by atomic mass is 31.2. The van der Waals surface area contributed by atoms with E-state index in [1.165, 1.54) is 64.2 Å². The van der Waals surface area contributed by atoms with Gasteiger partial charge in [-0.25, -0.2) is 9.36 Å². The van der Waals surface area contributed by atoms with Gasteiger partial charge in [0.2, 0.25) is 5.91 Å². The number of carbonyl (C=O) groups is 3. The van der Waals surface area contributed by atoms with Gasteiger partial charge in [0.15, 0.2) is 6.04 Å². The Kier molecular flexibility index (Phi) is 36.1. The molecule has 0 aromatic carbocycles. The molecular weight excluding hydrogens is 721 g/mol. The Balaban J connectivity index is 4.00. The number of nitrogens with one attached hydrogen (secondary N) is 1. The minimum atomic E-state index is -4.77. The molecule has 0 aromatic heterocycles. The lowest BCUT2D eigenvalue weighted by atomic mass is 10.0. The van der Waals surface area contributed by atoms with Gasteiger partial charge in [-0.2, -0.15) is 0 Å². The number of phosphoric ester groups is 1. The Bertz CT molecular complexity index is 1170. The minimum absolute atomic E-state index is 0.142. The van der Waals surface area contributed by atoms with Gasteiger partial charge in [-0.1, -0.05) is 158 Å². The number of unbranched alkanes of at least 4 members (excludes halogenated alkanes) is 14. The van der Waals surface area contributed by atoms with Crippen LogP contribution in [-0.4, -0.2) is 64.9 Å². The summed E-state index contributed by atoms with van der Waals surface area (Å²) in [7, 11) is -4.77. The second kappa shape index (κ2) is 38.1. The highest BCUT2D eigenvalue weighted by Crippen LogP contribution is 2.43. The average Bonchev–Trinajstić information content (AvgIpc) is 3.16. The molecule has 0 spiro atoms. The number of carboxylic acid groups (broad SMARTS) is 1. The zero-order valence-electron chi connectivity index (χ0n) is 34.0. The molecule has 11 nitrogen and oxygen atoms in total. The first-order valence-electron chi connectivity index (χ1n) is 20.8. The fourth-order valence-corrected chi connectivity index (χ4v) is 6.12. The van der Waals surface area contributed by atoms with Crippen molar-refractivity contribution in [3.8, 4) is 0 Å². The van der Waals surface area contributed by atoms with Crippen molar-refractivity contribution in [2.75, 3.05) is 19.8 Å². The number of aliphatic carboxylic acids is 1. The number of aliphatic hydroxyl groups is 1. The predicted octanol–water partition coefficient (Wildman–Crippen LogP) is 10.4. The largest absolute Gasteiger partial charge is 0.480 e. The second-order valence-corrected chi connectivity index (χ2v) is 15.3. The molecule has 0 aromatic rings. The molecule has 0 fully saturated rings. The van der Waals surface area contributed by atoms with E-state index in [2.05, 4.69) is 67.8 Å². The van der Waals surface area contributed by atoms with Crippen molar-refractivity contribution in [2.24, 2.45) is 0 Å². The maximum Gasteiger partial charge on any atom is 0.472 e. The number of hydrogen-bond acceptors (Lipinski definition) is 8.